The van der Waals surface area contributed by atoms with Crippen molar-refractivity contribution < 1.29 is 14.3 Å². The molecule has 1 N–H and O–H groups in total. The van der Waals surface area contributed by atoms with Crippen LogP contribution in [0.4, 0.5) is 0 Å². The van der Waals surface area contributed by atoms with Crippen molar-refractivity contribution in [3.8, 4) is 11.5 Å². The van der Waals surface area contributed by atoms with Gasteiger partial charge in [0.15, 0.2) is 11.5 Å². The number of carbonyl (C=O) groups is 1. The number of hydrogen-bond donors (Lipinski definition) is 1. The number of carbonyl (C=O) groups excluding carboxylic acids is 1. The summed E-state index contributed by atoms with van der Waals surface area (Å²) in [5.74, 6) is 2.08. The SMILES string of the molecule is CCN(CC)C(=S)SCC(=O)N[C@@H](c1ccc2c(c1)OCCCO2)C(C)C. The molecule has 5 nitrogen and oxygen atoms in total. The second-order valence-electron chi connectivity index (χ2n) is 6.77. The van der Waals surface area contributed by atoms with Gasteiger partial charge in [0.05, 0.1) is 25.0 Å². The molecular formula is C20H30N2O3S2. The summed E-state index contributed by atoms with van der Waals surface area (Å²) in [7, 11) is 0. The molecule has 0 saturated heterocycles. The Bertz CT molecular complexity index is 648. The molecule has 0 radical (unpaired) electrons. The Morgan fingerprint density at radius 2 is 1.89 bits per heavy atom. The normalized spacial score (nSPS) is 14.4. The number of thioether (sulfide) groups is 1. The van der Waals surface area contributed by atoms with Crippen LogP contribution in [0.3, 0.4) is 0 Å². The summed E-state index contributed by atoms with van der Waals surface area (Å²) in [4.78, 5) is 14.6. The highest BCUT2D eigenvalue weighted by Crippen LogP contribution is 2.34. The van der Waals surface area contributed by atoms with Crippen molar-refractivity contribution in [2.24, 2.45) is 5.92 Å². The van der Waals surface area contributed by atoms with Crippen LogP contribution in [0.25, 0.3) is 0 Å². The monoisotopic (exact) mass is 410 g/mol. The number of nitrogens with one attached hydrogen (secondary N) is 1. The molecule has 7 heteroatoms. The van der Waals surface area contributed by atoms with Gasteiger partial charge in [-0.15, -0.1) is 0 Å². The van der Waals surface area contributed by atoms with Gasteiger partial charge >= 0.3 is 0 Å². The zero-order valence-corrected chi connectivity index (χ0v) is 18.3. The van der Waals surface area contributed by atoms with Crippen molar-refractivity contribution in [1.82, 2.24) is 10.2 Å². The molecule has 0 aliphatic carbocycles. The molecule has 0 saturated carbocycles. The first-order valence-electron chi connectivity index (χ1n) is 9.56. The number of hydrogen-bond acceptors (Lipinski definition) is 5. The van der Waals surface area contributed by atoms with Crippen molar-refractivity contribution in [3.63, 3.8) is 0 Å². The van der Waals surface area contributed by atoms with E-state index in [1.165, 1.54) is 11.8 Å². The maximum absolute atomic E-state index is 12.5. The molecule has 0 aromatic heterocycles. The minimum atomic E-state index is -0.0859. The summed E-state index contributed by atoms with van der Waals surface area (Å²) >= 11 is 6.83. The van der Waals surface area contributed by atoms with Gasteiger partial charge in [0.2, 0.25) is 5.91 Å². The third kappa shape index (κ3) is 6.28. The van der Waals surface area contributed by atoms with E-state index in [1.807, 2.05) is 18.2 Å². The molecule has 1 atom stereocenters. The highest BCUT2D eigenvalue weighted by Gasteiger charge is 2.21. The lowest BCUT2D eigenvalue weighted by molar-refractivity contribution is -0.119. The second kappa shape index (κ2) is 10.8. The number of benzene rings is 1. The molecule has 0 bridgehead atoms. The number of amides is 1. The minimum absolute atomic E-state index is 0.0136. The van der Waals surface area contributed by atoms with Gasteiger partial charge in [0.25, 0.3) is 0 Å². The quantitative estimate of drug-likeness (QED) is 0.685. The van der Waals surface area contributed by atoms with E-state index in [0.717, 1.165) is 40.9 Å². The Balaban J connectivity index is 2.02. The molecule has 1 aromatic rings. The van der Waals surface area contributed by atoms with E-state index in [-0.39, 0.29) is 17.9 Å². The number of rotatable bonds is 7. The molecule has 1 aromatic carbocycles. The number of ether oxygens (including phenoxy) is 2. The topological polar surface area (TPSA) is 50.8 Å². The van der Waals surface area contributed by atoms with E-state index in [0.29, 0.717) is 19.0 Å². The van der Waals surface area contributed by atoms with E-state index in [9.17, 15) is 4.79 Å². The van der Waals surface area contributed by atoms with Crippen molar-refractivity contribution in [1.29, 1.82) is 0 Å². The van der Waals surface area contributed by atoms with E-state index in [4.69, 9.17) is 21.7 Å². The Morgan fingerprint density at radius 1 is 1.22 bits per heavy atom. The Kier molecular flexibility index (Phi) is 8.70. The molecule has 1 aliphatic rings. The zero-order chi connectivity index (χ0) is 19.8. The zero-order valence-electron chi connectivity index (χ0n) is 16.6. The summed E-state index contributed by atoms with van der Waals surface area (Å²) in [6.45, 7) is 11.4. The smallest absolute Gasteiger partial charge is 0.230 e. The van der Waals surface area contributed by atoms with Gasteiger partial charge in [-0.2, -0.15) is 0 Å². The fraction of sp³-hybridized carbons (Fsp3) is 0.600. The molecule has 27 heavy (non-hydrogen) atoms. The van der Waals surface area contributed by atoms with Crippen LogP contribution < -0.4 is 14.8 Å². The van der Waals surface area contributed by atoms with E-state index in [2.05, 4.69) is 37.9 Å². The van der Waals surface area contributed by atoms with E-state index >= 15 is 0 Å². The van der Waals surface area contributed by atoms with E-state index < -0.39 is 0 Å². The molecule has 0 unspecified atom stereocenters. The Morgan fingerprint density at radius 3 is 2.52 bits per heavy atom. The maximum Gasteiger partial charge on any atom is 0.230 e. The molecule has 0 spiro atoms. The minimum Gasteiger partial charge on any atom is -0.490 e. The van der Waals surface area contributed by atoms with Crippen molar-refractivity contribution >= 4 is 34.2 Å². The molecular weight excluding hydrogens is 380 g/mol. The summed E-state index contributed by atoms with van der Waals surface area (Å²) < 4.78 is 12.3. The van der Waals surface area contributed by atoms with Gasteiger partial charge in [-0.05, 0) is 37.5 Å². The highest BCUT2D eigenvalue weighted by atomic mass is 32.2. The van der Waals surface area contributed by atoms with Crippen LogP contribution in [-0.4, -0.2) is 47.2 Å². The largest absolute Gasteiger partial charge is 0.490 e. The second-order valence-corrected chi connectivity index (χ2v) is 8.38. The molecule has 150 valence electrons. The van der Waals surface area contributed by atoms with Crippen molar-refractivity contribution in [2.75, 3.05) is 32.1 Å². The highest BCUT2D eigenvalue weighted by molar-refractivity contribution is 8.23. The van der Waals surface area contributed by atoms with Crippen LogP contribution in [0.5, 0.6) is 11.5 Å². The Hall–Kier alpha value is -1.47. The predicted octanol–water partition coefficient (Wildman–Crippen LogP) is 4.02. The lowest BCUT2D eigenvalue weighted by Crippen LogP contribution is -2.34. The number of nitrogens with zero attached hydrogens (tertiary/aromatic N) is 1. The molecule has 0 fully saturated rings. The first-order chi connectivity index (χ1) is 13.0. The van der Waals surface area contributed by atoms with Gasteiger partial charge in [-0.25, -0.2) is 0 Å². The first kappa shape index (κ1) is 21.8. The van der Waals surface area contributed by atoms with Crippen LogP contribution in [-0.2, 0) is 4.79 Å². The third-order valence-corrected chi connectivity index (χ3v) is 5.99. The van der Waals surface area contributed by atoms with Crippen molar-refractivity contribution in [3.05, 3.63) is 23.8 Å². The number of fused-ring (bicyclic) bond motifs is 1. The van der Waals surface area contributed by atoms with Crippen LogP contribution in [0.1, 0.15) is 45.7 Å². The van der Waals surface area contributed by atoms with Gasteiger partial charge < -0.3 is 19.7 Å². The predicted molar refractivity (Wildman–Crippen MR) is 116 cm³/mol. The van der Waals surface area contributed by atoms with Gasteiger partial charge in [-0.1, -0.05) is 43.9 Å². The van der Waals surface area contributed by atoms with Crippen molar-refractivity contribution in [2.45, 2.75) is 40.2 Å². The molecule has 1 amide bonds. The first-order valence-corrected chi connectivity index (χ1v) is 11.0. The molecule has 1 aliphatic heterocycles. The summed E-state index contributed by atoms with van der Waals surface area (Å²) in [5.41, 5.74) is 1.03. The summed E-state index contributed by atoms with van der Waals surface area (Å²) in [5, 5.41) is 3.15. The maximum atomic E-state index is 12.5. The standard InChI is InChI=1S/C20H30N2O3S2/c1-5-22(6-2)20(26)27-13-18(23)21-19(14(3)4)15-8-9-16-17(12-15)25-11-7-10-24-16/h8-9,12,14,19H,5-7,10-11,13H2,1-4H3,(H,21,23)/t19-/m1/s1. The fourth-order valence-corrected chi connectivity index (χ4v) is 4.14. The third-order valence-electron chi connectivity index (χ3n) is 4.46. The number of thiocarbonyl (C=S) groups is 1. The van der Waals surface area contributed by atoms with Gasteiger partial charge in [-0.3, -0.25) is 4.79 Å². The van der Waals surface area contributed by atoms with Gasteiger partial charge in [0.1, 0.15) is 4.32 Å². The average Bonchev–Trinajstić information content (AvgIpc) is 2.90. The van der Waals surface area contributed by atoms with Crippen LogP contribution >= 0.6 is 24.0 Å². The fourth-order valence-electron chi connectivity index (χ4n) is 2.92. The Labute approximate surface area is 172 Å². The lowest BCUT2D eigenvalue weighted by Gasteiger charge is -2.24. The van der Waals surface area contributed by atoms with Gasteiger partial charge in [0, 0.05) is 19.5 Å². The summed E-state index contributed by atoms with van der Waals surface area (Å²) in [6, 6.07) is 5.84. The van der Waals surface area contributed by atoms with Crippen LogP contribution in [0.2, 0.25) is 0 Å². The van der Waals surface area contributed by atoms with Crippen LogP contribution in [0.15, 0.2) is 18.2 Å². The summed E-state index contributed by atoms with van der Waals surface area (Å²) in [6.07, 6.45) is 0.873. The average molecular weight is 411 g/mol. The molecule has 2 rings (SSSR count). The van der Waals surface area contributed by atoms with Crippen LogP contribution in [0, 0.1) is 5.92 Å². The lowest BCUT2D eigenvalue weighted by atomic mass is 9.95. The molecule has 1 heterocycles. The van der Waals surface area contributed by atoms with E-state index in [1.54, 1.807) is 0 Å².